The minimum absolute atomic E-state index is 0.571. The molecule has 1 atom stereocenters. The third-order valence-corrected chi connectivity index (χ3v) is 3.77. The maximum Gasteiger partial charge on any atom is 0.0562 e. The van der Waals surface area contributed by atoms with Gasteiger partial charge in [0.2, 0.25) is 0 Å². The average molecular weight is 230 g/mol. The van der Waals surface area contributed by atoms with Crippen molar-refractivity contribution in [3.63, 3.8) is 0 Å². The van der Waals surface area contributed by atoms with E-state index < -0.39 is 0 Å². The van der Waals surface area contributed by atoms with E-state index in [2.05, 4.69) is 13.8 Å². The molecule has 0 radical (unpaired) electrons. The van der Waals surface area contributed by atoms with Crippen LogP contribution in [0.4, 0.5) is 5.69 Å². The van der Waals surface area contributed by atoms with Crippen molar-refractivity contribution >= 4 is 29.1 Å². The lowest BCUT2D eigenvalue weighted by molar-refractivity contribution is 0.787. The molecule has 1 nitrogen and oxygen atoms in total. The predicted octanol–water partition coefficient (Wildman–Crippen LogP) is 4.20. The topological polar surface area (TPSA) is 26.0 Å². The van der Waals surface area contributed by atoms with Crippen molar-refractivity contribution in [2.24, 2.45) is 0 Å². The van der Waals surface area contributed by atoms with Crippen molar-refractivity contribution in [2.45, 2.75) is 36.8 Å². The number of rotatable bonds is 4. The predicted molar refractivity (Wildman–Crippen MR) is 66.1 cm³/mol. The molecule has 0 amide bonds. The van der Waals surface area contributed by atoms with E-state index in [1.54, 1.807) is 11.8 Å². The number of nitrogens with two attached hydrogens (primary N) is 1. The van der Waals surface area contributed by atoms with Gasteiger partial charge >= 0.3 is 0 Å². The summed E-state index contributed by atoms with van der Waals surface area (Å²) in [5.74, 6) is 0. The lowest BCUT2D eigenvalue weighted by Crippen LogP contribution is -1.97. The molecule has 0 spiro atoms. The second-order valence-electron chi connectivity index (χ2n) is 3.38. The van der Waals surface area contributed by atoms with Crippen LogP contribution in [-0.2, 0) is 0 Å². The SMILES string of the molecule is CCCC(C)Sc1c(N)cccc1Cl. The third kappa shape index (κ3) is 3.10. The van der Waals surface area contributed by atoms with Crippen LogP contribution in [0.1, 0.15) is 26.7 Å². The van der Waals surface area contributed by atoms with E-state index in [1.165, 1.54) is 12.8 Å². The summed E-state index contributed by atoms with van der Waals surface area (Å²) in [6.07, 6.45) is 2.38. The molecular weight excluding hydrogens is 214 g/mol. The normalized spacial score (nSPS) is 12.8. The maximum absolute atomic E-state index is 6.07. The van der Waals surface area contributed by atoms with Gasteiger partial charge in [0.1, 0.15) is 0 Å². The minimum atomic E-state index is 0.571. The van der Waals surface area contributed by atoms with Crippen LogP contribution in [-0.4, -0.2) is 5.25 Å². The van der Waals surface area contributed by atoms with Crippen LogP contribution < -0.4 is 5.73 Å². The first kappa shape index (κ1) is 11.7. The molecule has 0 fully saturated rings. The molecule has 1 unspecified atom stereocenters. The first-order chi connectivity index (χ1) is 6.65. The Kier molecular flexibility index (Phi) is 4.63. The summed E-state index contributed by atoms with van der Waals surface area (Å²) in [6.45, 7) is 4.39. The lowest BCUT2D eigenvalue weighted by atomic mass is 10.3. The average Bonchev–Trinajstić information content (AvgIpc) is 2.12. The highest BCUT2D eigenvalue weighted by Gasteiger charge is 2.09. The van der Waals surface area contributed by atoms with Crippen LogP contribution in [0, 0.1) is 0 Å². The summed E-state index contributed by atoms with van der Waals surface area (Å²) in [6, 6.07) is 5.66. The van der Waals surface area contributed by atoms with Gasteiger partial charge in [0.05, 0.1) is 5.02 Å². The van der Waals surface area contributed by atoms with Gasteiger partial charge in [-0.3, -0.25) is 0 Å². The van der Waals surface area contributed by atoms with Crippen LogP contribution in [0.25, 0.3) is 0 Å². The van der Waals surface area contributed by atoms with E-state index in [0.717, 1.165) is 15.6 Å². The lowest BCUT2D eigenvalue weighted by Gasteiger charge is -2.12. The largest absolute Gasteiger partial charge is 0.398 e. The van der Waals surface area contributed by atoms with Gasteiger partial charge < -0.3 is 5.73 Å². The van der Waals surface area contributed by atoms with Gasteiger partial charge in [-0.25, -0.2) is 0 Å². The highest BCUT2D eigenvalue weighted by atomic mass is 35.5. The Hall–Kier alpha value is -0.340. The van der Waals surface area contributed by atoms with Crippen molar-refractivity contribution in [3.05, 3.63) is 23.2 Å². The molecule has 3 heteroatoms. The van der Waals surface area contributed by atoms with Gasteiger partial charge in [0.25, 0.3) is 0 Å². The number of benzene rings is 1. The van der Waals surface area contributed by atoms with Crippen LogP contribution in [0.2, 0.25) is 5.02 Å². The summed E-state index contributed by atoms with van der Waals surface area (Å²) in [7, 11) is 0. The Bertz CT molecular complexity index is 281. The summed E-state index contributed by atoms with van der Waals surface area (Å²) in [5.41, 5.74) is 6.64. The van der Waals surface area contributed by atoms with Crippen molar-refractivity contribution in [2.75, 3.05) is 5.73 Å². The quantitative estimate of drug-likeness (QED) is 0.619. The second kappa shape index (κ2) is 5.52. The molecule has 14 heavy (non-hydrogen) atoms. The Labute approximate surface area is 95.0 Å². The zero-order chi connectivity index (χ0) is 10.6. The fourth-order valence-corrected chi connectivity index (χ4v) is 2.77. The summed E-state index contributed by atoms with van der Waals surface area (Å²) < 4.78 is 0. The van der Waals surface area contributed by atoms with E-state index in [9.17, 15) is 0 Å². The Morgan fingerprint density at radius 1 is 1.50 bits per heavy atom. The van der Waals surface area contributed by atoms with E-state index in [-0.39, 0.29) is 0 Å². The molecule has 0 bridgehead atoms. The smallest absolute Gasteiger partial charge is 0.0562 e. The summed E-state index contributed by atoms with van der Waals surface area (Å²) >= 11 is 7.84. The molecule has 0 saturated heterocycles. The molecule has 0 aromatic heterocycles. The first-order valence-corrected chi connectivity index (χ1v) is 6.11. The first-order valence-electron chi connectivity index (χ1n) is 4.85. The van der Waals surface area contributed by atoms with E-state index in [4.69, 9.17) is 17.3 Å². The van der Waals surface area contributed by atoms with Crippen molar-refractivity contribution < 1.29 is 0 Å². The van der Waals surface area contributed by atoms with Crippen LogP contribution in [0.5, 0.6) is 0 Å². The fraction of sp³-hybridized carbons (Fsp3) is 0.455. The minimum Gasteiger partial charge on any atom is -0.398 e. The van der Waals surface area contributed by atoms with Gasteiger partial charge in [0.15, 0.2) is 0 Å². The van der Waals surface area contributed by atoms with E-state index >= 15 is 0 Å². The Morgan fingerprint density at radius 2 is 2.21 bits per heavy atom. The molecule has 0 heterocycles. The number of hydrogen-bond donors (Lipinski definition) is 1. The summed E-state index contributed by atoms with van der Waals surface area (Å²) in [4.78, 5) is 1.02. The van der Waals surface area contributed by atoms with Gasteiger partial charge in [-0.15, -0.1) is 11.8 Å². The standard InChI is InChI=1S/C11H16ClNS/c1-3-5-8(2)14-11-9(12)6-4-7-10(11)13/h4,6-8H,3,5,13H2,1-2H3. The molecule has 78 valence electrons. The zero-order valence-corrected chi connectivity index (χ0v) is 10.2. The number of halogens is 1. The molecule has 0 aliphatic rings. The van der Waals surface area contributed by atoms with Crippen LogP contribution in [0.3, 0.4) is 0 Å². The van der Waals surface area contributed by atoms with Crippen molar-refractivity contribution in [1.82, 2.24) is 0 Å². The van der Waals surface area contributed by atoms with Gasteiger partial charge in [-0.1, -0.05) is 37.9 Å². The molecule has 2 N–H and O–H groups in total. The Balaban J connectivity index is 2.75. The van der Waals surface area contributed by atoms with Crippen LogP contribution >= 0.6 is 23.4 Å². The molecular formula is C11H16ClNS. The van der Waals surface area contributed by atoms with Crippen molar-refractivity contribution in [1.29, 1.82) is 0 Å². The van der Waals surface area contributed by atoms with Crippen LogP contribution in [0.15, 0.2) is 23.1 Å². The molecule has 0 aliphatic heterocycles. The highest BCUT2D eigenvalue weighted by Crippen LogP contribution is 2.36. The monoisotopic (exact) mass is 229 g/mol. The number of nitrogen functional groups attached to an aromatic ring is 1. The molecule has 1 rings (SSSR count). The van der Waals surface area contributed by atoms with Crippen molar-refractivity contribution in [3.8, 4) is 0 Å². The third-order valence-electron chi connectivity index (χ3n) is 2.01. The zero-order valence-electron chi connectivity index (χ0n) is 8.59. The molecule has 1 aromatic carbocycles. The molecule has 1 aromatic rings. The number of thioether (sulfide) groups is 1. The van der Waals surface area contributed by atoms with E-state index in [1.807, 2.05) is 18.2 Å². The molecule has 0 saturated carbocycles. The van der Waals surface area contributed by atoms with E-state index in [0.29, 0.717) is 5.25 Å². The highest BCUT2D eigenvalue weighted by molar-refractivity contribution is 8.00. The van der Waals surface area contributed by atoms with Gasteiger partial charge in [0, 0.05) is 15.8 Å². The van der Waals surface area contributed by atoms with Gasteiger partial charge in [-0.05, 0) is 18.6 Å². The summed E-state index contributed by atoms with van der Waals surface area (Å²) in [5, 5.41) is 1.33. The number of anilines is 1. The molecule has 0 aliphatic carbocycles. The fourth-order valence-electron chi connectivity index (χ4n) is 1.32. The number of hydrogen-bond acceptors (Lipinski definition) is 2. The maximum atomic E-state index is 6.07. The van der Waals surface area contributed by atoms with Gasteiger partial charge in [-0.2, -0.15) is 0 Å². The Morgan fingerprint density at radius 3 is 2.79 bits per heavy atom. The second-order valence-corrected chi connectivity index (χ2v) is 5.23.